The lowest BCUT2D eigenvalue weighted by Gasteiger charge is -2.34. The second-order valence-electron chi connectivity index (χ2n) is 7.21. The molecule has 1 saturated heterocycles. The minimum Gasteiger partial charge on any atom is -0.462 e. The monoisotopic (exact) mass is 435 g/mol. The molecule has 2 aromatic heterocycles. The molecule has 162 valence electrons. The van der Waals surface area contributed by atoms with Crippen molar-refractivity contribution in [3.63, 3.8) is 0 Å². The van der Waals surface area contributed by atoms with Gasteiger partial charge in [0.15, 0.2) is 0 Å². The average molecular weight is 436 g/mol. The molecule has 0 bridgehead atoms. The van der Waals surface area contributed by atoms with Crippen LogP contribution in [0.3, 0.4) is 0 Å². The predicted octanol–water partition coefficient (Wildman–Crippen LogP) is 0.881. The Labute approximate surface area is 177 Å². The fourth-order valence-electron chi connectivity index (χ4n) is 3.54. The molecule has 30 heavy (non-hydrogen) atoms. The smallest absolute Gasteiger partial charge is 0.343 e. The second kappa shape index (κ2) is 8.82. The number of ether oxygens (including phenoxy) is 1. The van der Waals surface area contributed by atoms with E-state index in [0.717, 1.165) is 22.5 Å². The van der Waals surface area contributed by atoms with Crippen LogP contribution in [-0.4, -0.2) is 45.1 Å². The van der Waals surface area contributed by atoms with Crippen LogP contribution in [-0.2, 0) is 23.6 Å². The molecule has 11 heteroatoms. The number of hydrogen-bond acceptors (Lipinski definition) is 8. The first kappa shape index (κ1) is 21.8. The van der Waals surface area contributed by atoms with Gasteiger partial charge in [-0.2, -0.15) is 4.37 Å². The first-order chi connectivity index (χ1) is 14.2. The lowest BCUT2D eigenvalue weighted by Crippen LogP contribution is -2.45. The van der Waals surface area contributed by atoms with Gasteiger partial charge in [-0.15, -0.1) is 0 Å². The molecular formula is C19H25N5O5S. The summed E-state index contributed by atoms with van der Waals surface area (Å²) in [7, 11) is 3.03. The van der Waals surface area contributed by atoms with Crippen LogP contribution >= 0.6 is 11.5 Å². The molecule has 3 rings (SSSR count). The zero-order valence-electron chi connectivity index (χ0n) is 17.4. The number of piperidine rings is 1. The molecule has 1 unspecified atom stereocenters. The van der Waals surface area contributed by atoms with Crippen molar-refractivity contribution in [3.05, 3.63) is 38.2 Å². The number of carbonyl (C=O) groups is 2. The van der Waals surface area contributed by atoms with Crippen molar-refractivity contribution in [2.75, 3.05) is 29.9 Å². The summed E-state index contributed by atoms with van der Waals surface area (Å²) in [6.45, 7) is 4.63. The van der Waals surface area contributed by atoms with Crippen LogP contribution in [0.5, 0.6) is 0 Å². The molecule has 1 atom stereocenters. The first-order valence-electron chi connectivity index (χ1n) is 9.70. The van der Waals surface area contributed by atoms with Gasteiger partial charge in [0, 0.05) is 33.3 Å². The van der Waals surface area contributed by atoms with E-state index >= 15 is 0 Å². The summed E-state index contributed by atoms with van der Waals surface area (Å²) in [5, 5.41) is 3.18. The van der Waals surface area contributed by atoms with Gasteiger partial charge in [0.1, 0.15) is 16.4 Å². The van der Waals surface area contributed by atoms with Gasteiger partial charge in [0.2, 0.25) is 5.91 Å². The maximum absolute atomic E-state index is 12.9. The Morgan fingerprint density at radius 3 is 2.73 bits per heavy atom. The van der Waals surface area contributed by atoms with Crippen LogP contribution in [0.2, 0.25) is 0 Å². The summed E-state index contributed by atoms with van der Waals surface area (Å²) in [5.74, 6) is -0.626. The van der Waals surface area contributed by atoms with Crippen molar-refractivity contribution in [2.24, 2.45) is 20.0 Å². The van der Waals surface area contributed by atoms with E-state index in [0.29, 0.717) is 36.0 Å². The Morgan fingerprint density at radius 2 is 2.03 bits per heavy atom. The molecule has 0 saturated carbocycles. The zero-order valence-corrected chi connectivity index (χ0v) is 18.2. The van der Waals surface area contributed by atoms with E-state index in [1.54, 1.807) is 20.9 Å². The molecule has 1 N–H and O–H groups in total. The van der Waals surface area contributed by atoms with Crippen LogP contribution in [0.1, 0.15) is 35.8 Å². The van der Waals surface area contributed by atoms with Crippen LogP contribution in [0, 0.1) is 12.8 Å². The Balaban J connectivity index is 1.79. The standard InChI is InChI=1S/C19H25N5O5S/c1-5-29-18(27)15-11(2)21-30-17(15)20-16(26)12-7-6-8-24(10-12)13-9-14(25)23(4)19(28)22(13)3/h9,12H,5-8,10H2,1-4H3,(H,20,26). The molecular weight excluding hydrogens is 410 g/mol. The molecule has 0 radical (unpaired) electrons. The fourth-order valence-corrected chi connectivity index (χ4v) is 4.32. The Hall–Kier alpha value is -2.95. The van der Waals surface area contributed by atoms with Crippen LogP contribution < -0.4 is 21.5 Å². The van der Waals surface area contributed by atoms with E-state index in [1.165, 1.54) is 17.7 Å². The van der Waals surface area contributed by atoms with Gasteiger partial charge < -0.3 is 15.0 Å². The summed E-state index contributed by atoms with van der Waals surface area (Å²) in [6, 6.07) is 1.41. The highest BCUT2D eigenvalue weighted by molar-refractivity contribution is 7.11. The van der Waals surface area contributed by atoms with Gasteiger partial charge in [-0.25, -0.2) is 9.59 Å². The lowest BCUT2D eigenvalue weighted by atomic mass is 9.97. The summed E-state index contributed by atoms with van der Waals surface area (Å²) >= 11 is 1.04. The topological polar surface area (TPSA) is 116 Å². The molecule has 1 aliphatic rings. The number of nitrogens with zero attached hydrogens (tertiary/aromatic N) is 4. The highest BCUT2D eigenvalue weighted by Crippen LogP contribution is 2.28. The van der Waals surface area contributed by atoms with Gasteiger partial charge in [-0.3, -0.25) is 18.7 Å². The summed E-state index contributed by atoms with van der Waals surface area (Å²) in [4.78, 5) is 51.3. The van der Waals surface area contributed by atoms with Crippen molar-refractivity contribution < 1.29 is 14.3 Å². The molecule has 1 aliphatic heterocycles. The number of hydrogen-bond donors (Lipinski definition) is 1. The minimum atomic E-state index is -0.514. The van der Waals surface area contributed by atoms with E-state index in [4.69, 9.17) is 4.74 Å². The molecule has 1 amide bonds. The Bertz CT molecular complexity index is 1090. The quantitative estimate of drug-likeness (QED) is 0.693. The summed E-state index contributed by atoms with van der Waals surface area (Å²) in [6.07, 6.45) is 1.39. The Kier molecular flexibility index (Phi) is 6.40. The normalized spacial score (nSPS) is 16.4. The molecule has 0 aliphatic carbocycles. The SMILES string of the molecule is CCOC(=O)c1c(C)nsc1NC(=O)C1CCCN(c2cc(=O)n(C)c(=O)n2C)C1. The largest absolute Gasteiger partial charge is 0.462 e. The van der Waals surface area contributed by atoms with Gasteiger partial charge in [0.05, 0.1) is 18.2 Å². The highest BCUT2D eigenvalue weighted by Gasteiger charge is 2.29. The predicted molar refractivity (Wildman–Crippen MR) is 113 cm³/mol. The van der Waals surface area contributed by atoms with Gasteiger partial charge in [-0.1, -0.05) is 0 Å². The number of nitrogens with one attached hydrogen (secondary N) is 1. The first-order valence-corrected chi connectivity index (χ1v) is 10.5. The van der Waals surface area contributed by atoms with E-state index < -0.39 is 11.7 Å². The van der Waals surface area contributed by atoms with Crippen molar-refractivity contribution in [1.82, 2.24) is 13.5 Å². The second-order valence-corrected chi connectivity index (χ2v) is 7.98. The summed E-state index contributed by atoms with van der Waals surface area (Å²) in [5.41, 5.74) is -0.0202. The number of aromatic nitrogens is 3. The highest BCUT2D eigenvalue weighted by atomic mass is 32.1. The van der Waals surface area contributed by atoms with Crippen molar-refractivity contribution in [2.45, 2.75) is 26.7 Å². The third-order valence-corrected chi connectivity index (χ3v) is 6.05. The van der Waals surface area contributed by atoms with E-state index in [-0.39, 0.29) is 29.6 Å². The van der Waals surface area contributed by atoms with Crippen molar-refractivity contribution in [3.8, 4) is 0 Å². The number of rotatable bonds is 5. The number of anilines is 2. The molecule has 0 spiro atoms. The maximum atomic E-state index is 12.9. The molecule has 3 heterocycles. The number of carbonyl (C=O) groups excluding carboxylic acids is 2. The fraction of sp³-hybridized carbons (Fsp3) is 0.526. The summed E-state index contributed by atoms with van der Waals surface area (Å²) < 4.78 is 11.7. The van der Waals surface area contributed by atoms with Crippen LogP contribution in [0.15, 0.2) is 15.7 Å². The Morgan fingerprint density at radius 1 is 1.30 bits per heavy atom. The van der Waals surface area contributed by atoms with Crippen molar-refractivity contribution in [1.29, 1.82) is 0 Å². The van der Waals surface area contributed by atoms with Gasteiger partial charge in [0.25, 0.3) is 5.56 Å². The average Bonchev–Trinajstić information content (AvgIpc) is 3.09. The molecule has 1 fully saturated rings. The molecule has 10 nitrogen and oxygen atoms in total. The number of amides is 1. The number of aryl methyl sites for hydroxylation is 1. The third-order valence-electron chi connectivity index (χ3n) is 5.20. The number of esters is 1. The van der Waals surface area contributed by atoms with Gasteiger partial charge in [-0.05, 0) is 38.2 Å². The van der Waals surface area contributed by atoms with E-state index in [9.17, 15) is 19.2 Å². The zero-order chi connectivity index (χ0) is 22.0. The molecule has 2 aromatic rings. The lowest BCUT2D eigenvalue weighted by molar-refractivity contribution is -0.120. The molecule has 0 aromatic carbocycles. The maximum Gasteiger partial charge on any atom is 0.343 e. The minimum absolute atomic E-state index is 0.231. The van der Waals surface area contributed by atoms with Crippen LogP contribution in [0.25, 0.3) is 0 Å². The van der Waals surface area contributed by atoms with Crippen molar-refractivity contribution >= 4 is 34.2 Å². The van der Waals surface area contributed by atoms with E-state index in [1.807, 2.05) is 4.90 Å². The van der Waals surface area contributed by atoms with E-state index in [2.05, 4.69) is 9.69 Å². The van der Waals surface area contributed by atoms with Crippen LogP contribution in [0.4, 0.5) is 10.8 Å². The third kappa shape index (κ3) is 4.16. The van der Waals surface area contributed by atoms with Gasteiger partial charge >= 0.3 is 11.7 Å².